The number of nitrogen functional groups attached to an aromatic ring is 1. The first-order chi connectivity index (χ1) is 9.77. The van der Waals surface area contributed by atoms with Crippen molar-refractivity contribution in [3.8, 4) is 0 Å². The summed E-state index contributed by atoms with van der Waals surface area (Å²) in [5.41, 5.74) is 5.80. The standard InChI is InChI=1S/C14H11ClF3NOS/c15-12-7-11(19)5-6-13(12)21(20)8-9-1-3-10(4-2-9)14(16,17)18/h1-7H,8,19H2. The van der Waals surface area contributed by atoms with Crippen LogP contribution in [-0.4, -0.2) is 4.21 Å². The van der Waals surface area contributed by atoms with Crippen molar-refractivity contribution in [2.75, 3.05) is 5.73 Å². The molecule has 0 aromatic heterocycles. The predicted molar refractivity (Wildman–Crippen MR) is 77.4 cm³/mol. The predicted octanol–water partition coefficient (Wildman–Crippen LogP) is 4.25. The van der Waals surface area contributed by atoms with Crippen LogP contribution in [0.25, 0.3) is 0 Å². The Morgan fingerprint density at radius 2 is 1.71 bits per heavy atom. The lowest BCUT2D eigenvalue weighted by atomic mass is 10.1. The highest BCUT2D eigenvalue weighted by Gasteiger charge is 2.29. The Bertz CT molecular complexity index is 671. The first kappa shape index (κ1) is 15.9. The van der Waals surface area contributed by atoms with Crippen LogP contribution >= 0.6 is 11.6 Å². The third-order valence-electron chi connectivity index (χ3n) is 2.78. The van der Waals surface area contributed by atoms with Gasteiger partial charge in [0.15, 0.2) is 0 Å². The van der Waals surface area contributed by atoms with Crippen molar-refractivity contribution in [3.05, 3.63) is 58.6 Å². The van der Waals surface area contributed by atoms with Crippen molar-refractivity contribution in [2.45, 2.75) is 16.8 Å². The fourth-order valence-corrected chi connectivity index (χ4v) is 3.31. The topological polar surface area (TPSA) is 43.1 Å². The van der Waals surface area contributed by atoms with Gasteiger partial charge in [-0.3, -0.25) is 4.21 Å². The lowest BCUT2D eigenvalue weighted by molar-refractivity contribution is -0.137. The average molecular weight is 334 g/mol. The van der Waals surface area contributed by atoms with Crippen molar-refractivity contribution in [2.24, 2.45) is 0 Å². The van der Waals surface area contributed by atoms with Gasteiger partial charge in [-0.25, -0.2) is 0 Å². The number of benzene rings is 2. The highest BCUT2D eigenvalue weighted by Crippen LogP contribution is 2.30. The molecule has 0 fully saturated rings. The molecule has 0 radical (unpaired) electrons. The minimum absolute atomic E-state index is 0.0851. The molecular weight excluding hydrogens is 323 g/mol. The van der Waals surface area contributed by atoms with E-state index >= 15 is 0 Å². The Hall–Kier alpha value is -1.53. The minimum Gasteiger partial charge on any atom is -0.399 e. The summed E-state index contributed by atoms with van der Waals surface area (Å²) in [5, 5.41) is 0.278. The lowest BCUT2D eigenvalue weighted by Crippen LogP contribution is -2.05. The highest BCUT2D eigenvalue weighted by atomic mass is 35.5. The minimum atomic E-state index is -4.38. The molecule has 2 rings (SSSR count). The van der Waals surface area contributed by atoms with Crippen LogP contribution in [0, 0.1) is 0 Å². The zero-order valence-corrected chi connectivity index (χ0v) is 12.2. The van der Waals surface area contributed by atoms with E-state index in [1.807, 2.05) is 0 Å². The summed E-state index contributed by atoms with van der Waals surface area (Å²) in [6.07, 6.45) is -4.38. The molecule has 0 aliphatic carbocycles. The number of hydrogen-bond donors (Lipinski definition) is 1. The van der Waals surface area contributed by atoms with E-state index in [-0.39, 0.29) is 10.8 Å². The molecule has 7 heteroatoms. The molecule has 1 atom stereocenters. The van der Waals surface area contributed by atoms with E-state index in [0.29, 0.717) is 16.1 Å². The summed E-state index contributed by atoms with van der Waals surface area (Å²) in [4.78, 5) is 0.408. The second-order valence-corrected chi connectivity index (χ2v) is 6.20. The number of hydrogen-bond acceptors (Lipinski definition) is 2. The van der Waals surface area contributed by atoms with Crippen LogP contribution in [0.1, 0.15) is 11.1 Å². The third kappa shape index (κ3) is 3.98. The largest absolute Gasteiger partial charge is 0.416 e. The summed E-state index contributed by atoms with van der Waals surface area (Å²) in [5.74, 6) is 0.0851. The lowest BCUT2D eigenvalue weighted by Gasteiger charge is -2.08. The summed E-state index contributed by atoms with van der Waals surface area (Å²) in [6, 6.07) is 9.18. The van der Waals surface area contributed by atoms with Gasteiger partial charge in [0.1, 0.15) is 0 Å². The van der Waals surface area contributed by atoms with E-state index in [1.165, 1.54) is 18.2 Å². The summed E-state index contributed by atoms with van der Waals surface area (Å²) < 4.78 is 49.5. The van der Waals surface area contributed by atoms with Crippen molar-refractivity contribution in [1.29, 1.82) is 0 Å². The third-order valence-corrected chi connectivity index (χ3v) is 4.65. The van der Waals surface area contributed by atoms with Crippen LogP contribution in [-0.2, 0) is 22.7 Å². The molecule has 0 saturated carbocycles. The van der Waals surface area contributed by atoms with E-state index in [9.17, 15) is 17.4 Å². The number of anilines is 1. The normalized spacial score (nSPS) is 13.1. The van der Waals surface area contributed by atoms with Crippen molar-refractivity contribution in [1.82, 2.24) is 0 Å². The highest BCUT2D eigenvalue weighted by molar-refractivity contribution is 7.84. The van der Waals surface area contributed by atoms with E-state index in [0.717, 1.165) is 12.1 Å². The average Bonchev–Trinajstić information content (AvgIpc) is 2.38. The van der Waals surface area contributed by atoms with Gasteiger partial charge < -0.3 is 5.73 Å². The van der Waals surface area contributed by atoms with Gasteiger partial charge in [0.2, 0.25) is 0 Å². The van der Waals surface area contributed by atoms with Crippen molar-refractivity contribution < 1.29 is 17.4 Å². The molecule has 2 aromatic carbocycles. The van der Waals surface area contributed by atoms with Crippen LogP contribution in [0.5, 0.6) is 0 Å². The molecule has 112 valence electrons. The molecule has 0 heterocycles. The van der Waals surface area contributed by atoms with E-state index < -0.39 is 22.5 Å². The smallest absolute Gasteiger partial charge is 0.399 e. The van der Waals surface area contributed by atoms with E-state index in [4.69, 9.17) is 17.3 Å². The SMILES string of the molecule is Nc1ccc(S(=O)Cc2ccc(C(F)(F)F)cc2)c(Cl)c1. The summed E-state index contributed by atoms with van der Waals surface area (Å²) in [6.45, 7) is 0. The molecule has 2 aromatic rings. The fraction of sp³-hybridized carbons (Fsp3) is 0.143. The number of halogens is 4. The Kier molecular flexibility index (Phi) is 4.58. The zero-order valence-electron chi connectivity index (χ0n) is 10.7. The van der Waals surface area contributed by atoms with Crippen LogP contribution in [0.15, 0.2) is 47.4 Å². The molecule has 0 aliphatic heterocycles. The molecule has 0 bridgehead atoms. The summed E-state index contributed by atoms with van der Waals surface area (Å²) >= 11 is 5.95. The number of alkyl halides is 3. The molecular formula is C14H11ClF3NOS. The van der Waals surface area contributed by atoms with Crippen LogP contribution in [0.3, 0.4) is 0 Å². The Morgan fingerprint density at radius 1 is 1.10 bits per heavy atom. The van der Waals surface area contributed by atoms with Crippen LogP contribution in [0.2, 0.25) is 5.02 Å². The molecule has 0 amide bonds. The van der Waals surface area contributed by atoms with Gasteiger partial charge in [-0.2, -0.15) is 13.2 Å². The zero-order chi connectivity index (χ0) is 15.6. The molecule has 2 N–H and O–H groups in total. The number of nitrogens with two attached hydrogens (primary N) is 1. The van der Waals surface area contributed by atoms with E-state index in [1.54, 1.807) is 12.1 Å². The van der Waals surface area contributed by atoms with Crippen LogP contribution in [0.4, 0.5) is 18.9 Å². The second-order valence-electron chi connectivity index (χ2n) is 4.37. The monoisotopic (exact) mass is 333 g/mol. The maximum absolute atomic E-state index is 12.4. The first-order valence-electron chi connectivity index (χ1n) is 5.87. The van der Waals surface area contributed by atoms with Gasteiger partial charge in [-0.05, 0) is 35.9 Å². The van der Waals surface area contributed by atoms with E-state index in [2.05, 4.69) is 0 Å². The van der Waals surface area contributed by atoms with Gasteiger partial charge in [0, 0.05) is 5.69 Å². The maximum atomic E-state index is 12.4. The molecule has 1 unspecified atom stereocenters. The molecule has 0 spiro atoms. The summed E-state index contributed by atoms with van der Waals surface area (Å²) in [7, 11) is -1.45. The Balaban J connectivity index is 2.16. The second kappa shape index (κ2) is 6.07. The van der Waals surface area contributed by atoms with Gasteiger partial charge in [-0.15, -0.1) is 0 Å². The van der Waals surface area contributed by atoms with Gasteiger partial charge in [0.05, 0.1) is 32.0 Å². The quantitative estimate of drug-likeness (QED) is 0.853. The molecule has 0 aliphatic rings. The maximum Gasteiger partial charge on any atom is 0.416 e. The van der Waals surface area contributed by atoms with Crippen molar-refractivity contribution in [3.63, 3.8) is 0 Å². The van der Waals surface area contributed by atoms with Crippen molar-refractivity contribution >= 4 is 28.1 Å². The molecule has 21 heavy (non-hydrogen) atoms. The molecule has 0 saturated heterocycles. The first-order valence-corrected chi connectivity index (χ1v) is 7.56. The molecule has 2 nitrogen and oxygen atoms in total. The van der Waals surface area contributed by atoms with Gasteiger partial charge in [0.25, 0.3) is 0 Å². The van der Waals surface area contributed by atoms with Gasteiger partial charge >= 0.3 is 6.18 Å². The van der Waals surface area contributed by atoms with Crippen LogP contribution < -0.4 is 5.73 Å². The Labute approximate surface area is 127 Å². The fourth-order valence-electron chi connectivity index (χ4n) is 1.72. The number of rotatable bonds is 3. The Morgan fingerprint density at radius 3 is 2.24 bits per heavy atom. The van der Waals surface area contributed by atoms with Gasteiger partial charge in [-0.1, -0.05) is 23.7 Å².